The summed E-state index contributed by atoms with van der Waals surface area (Å²) in [7, 11) is -3.71. The van der Waals surface area contributed by atoms with Gasteiger partial charge in [-0.15, -0.1) is 0 Å². The molecule has 20 heavy (non-hydrogen) atoms. The standard InChI is InChI=1S/C11H11F3N2O3S/c1-20(18,19)16-6-9(17)15-10(16)7-3-2-4-8(5-7)11(12,13)14/h2-5,10H,6H2,1H3,(H,15,17). The van der Waals surface area contributed by atoms with Crippen LogP contribution in [0, 0.1) is 0 Å². The number of carbonyl (C=O) groups excluding carboxylic acids is 1. The molecule has 1 aliphatic rings. The largest absolute Gasteiger partial charge is 0.416 e. The lowest BCUT2D eigenvalue weighted by Gasteiger charge is -2.21. The van der Waals surface area contributed by atoms with Crippen LogP contribution in [0.15, 0.2) is 24.3 Å². The number of hydrogen-bond donors (Lipinski definition) is 1. The van der Waals surface area contributed by atoms with Crippen LogP contribution < -0.4 is 5.32 Å². The molecule has 1 aliphatic heterocycles. The van der Waals surface area contributed by atoms with E-state index in [2.05, 4.69) is 5.32 Å². The summed E-state index contributed by atoms with van der Waals surface area (Å²) < 4.78 is 61.9. The molecule has 9 heteroatoms. The van der Waals surface area contributed by atoms with Gasteiger partial charge in [0.05, 0.1) is 18.4 Å². The van der Waals surface area contributed by atoms with E-state index in [1.54, 1.807) is 0 Å². The number of amides is 1. The van der Waals surface area contributed by atoms with Crippen molar-refractivity contribution in [2.75, 3.05) is 12.8 Å². The highest BCUT2D eigenvalue weighted by molar-refractivity contribution is 7.88. The van der Waals surface area contributed by atoms with Gasteiger partial charge in [-0.25, -0.2) is 8.42 Å². The minimum Gasteiger partial charge on any atom is -0.334 e. The van der Waals surface area contributed by atoms with E-state index in [9.17, 15) is 26.4 Å². The van der Waals surface area contributed by atoms with Crippen LogP contribution in [0.2, 0.25) is 0 Å². The summed E-state index contributed by atoms with van der Waals surface area (Å²) in [6.07, 6.45) is -4.75. The first-order chi connectivity index (χ1) is 9.09. The number of alkyl halides is 3. The highest BCUT2D eigenvalue weighted by Crippen LogP contribution is 2.32. The average Bonchev–Trinajstić information content (AvgIpc) is 2.70. The summed E-state index contributed by atoms with van der Waals surface area (Å²) >= 11 is 0. The van der Waals surface area contributed by atoms with Crippen molar-refractivity contribution in [1.29, 1.82) is 0 Å². The van der Waals surface area contributed by atoms with E-state index in [1.165, 1.54) is 12.1 Å². The van der Waals surface area contributed by atoms with Crippen molar-refractivity contribution in [2.45, 2.75) is 12.3 Å². The van der Waals surface area contributed by atoms with Crippen LogP contribution >= 0.6 is 0 Å². The molecule has 2 rings (SSSR count). The third-order valence-corrected chi connectivity index (χ3v) is 4.03. The van der Waals surface area contributed by atoms with E-state index in [1.807, 2.05) is 0 Å². The first-order valence-electron chi connectivity index (χ1n) is 5.52. The van der Waals surface area contributed by atoms with Crippen LogP contribution in [0.4, 0.5) is 13.2 Å². The fourth-order valence-electron chi connectivity index (χ4n) is 1.95. The quantitative estimate of drug-likeness (QED) is 0.889. The molecule has 5 nitrogen and oxygen atoms in total. The molecule has 0 bridgehead atoms. The lowest BCUT2D eigenvalue weighted by Crippen LogP contribution is -2.32. The summed E-state index contributed by atoms with van der Waals surface area (Å²) in [5.74, 6) is -0.558. The monoisotopic (exact) mass is 308 g/mol. The van der Waals surface area contributed by atoms with E-state index in [-0.39, 0.29) is 5.56 Å². The Bertz CT molecular complexity index is 643. The Morgan fingerprint density at radius 2 is 2.00 bits per heavy atom. The molecule has 1 amide bonds. The van der Waals surface area contributed by atoms with Gasteiger partial charge in [0, 0.05) is 0 Å². The topological polar surface area (TPSA) is 66.5 Å². The van der Waals surface area contributed by atoms with Crippen molar-refractivity contribution in [3.8, 4) is 0 Å². The highest BCUT2D eigenvalue weighted by Gasteiger charge is 2.38. The summed E-state index contributed by atoms with van der Waals surface area (Å²) in [5.41, 5.74) is -0.833. The van der Waals surface area contributed by atoms with Crippen molar-refractivity contribution in [3.05, 3.63) is 35.4 Å². The molecule has 0 spiro atoms. The molecule has 1 aromatic carbocycles. The number of rotatable bonds is 2. The second-order valence-corrected chi connectivity index (χ2v) is 6.34. The second-order valence-electron chi connectivity index (χ2n) is 4.40. The molecule has 0 aromatic heterocycles. The summed E-state index contributed by atoms with van der Waals surface area (Å²) in [5, 5.41) is 2.35. The number of sulfonamides is 1. The number of carbonyl (C=O) groups is 1. The van der Waals surface area contributed by atoms with E-state index < -0.39 is 40.4 Å². The SMILES string of the molecule is CS(=O)(=O)N1CC(=O)NC1c1cccc(C(F)(F)F)c1. The molecule has 0 radical (unpaired) electrons. The van der Waals surface area contributed by atoms with E-state index in [4.69, 9.17) is 0 Å². The van der Waals surface area contributed by atoms with Gasteiger partial charge in [-0.2, -0.15) is 17.5 Å². The molecular weight excluding hydrogens is 297 g/mol. The van der Waals surface area contributed by atoms with Gasteiger partial charge in [0.1, 0.15) is 6.17 Å². The fraction of sp³-hybridized carbons (Fsp3) is 0.364. The number of benzene rings is 1. The van der Waals surface area contributed by atoms with Crippen LogP contribution in [0.25, 0.3) is 0 Å². The molecule has 110 valence electrons. The molecule has 0 aliphatic carbocycles. The molecule has 1 aromatic rings. The zero-order valence-corrected chi connectivity index (χ0v) is 11.1. The Balaban J connectivity index is 2.43. The number of nitrogens with zero attached hydrogens (tertiary/aromatic N) is 1. The smallest absolute Gasteiger partial charge is 0.334 e. The minimum atomic E-state index is -4.53. The third-order valence-electron chi connectivity index (χ3n) is 2.84. The van der Waals surface area contributed by atoms with Crippen LogP contribution in [0.3, 0.4) is 0 Å². The number of hydrogen-bond acceptors (Lipinski definition) is 3. The maximum Gasteiger partial charge on any atom is 0.416 e. The maximum atomic E-state index is 12.6. The van der Waals surface area contributed by atoms with Crippen molar-refractivity contribution in [3.63, 3.8) is 0 Å². The Morgan fingerprint density at radius 3 is 2.55 bits per heavy atom. The highest BCUT2D eigenvalue weighted by atomic mass is 32.2. The Labute approximate surface area is 113 Å². The van der Waals surface area contributed by atoms with Gasteiger partial charge >= 0.3 is 6.18 Å². The van der Waals surface area contributed by atoms with Crippen molar-refractivity contribution >= 4 is 15.9 Å². The summed E-state index contributed by atoms with van der Waals surface area (Å²) in [4.78, 5) is 11.3. The Morgan fingerprint density at radius 1 is 1.35 bits per heavy atom. The fourth-order valence-corrected chi connectivity index (χ4v) is 2.86. The van der Waals surface area contributed by atoms with Gasteiger partial charge in [-0.1, -0.05) is 12.1 Å². The van der Waals surface area contributed by atoms with Gasteiger partial charge in [-0.05, 0) is 17.7 Å². The van der Waals surface area contributed by atoms with E-state index in [0.29, 0.717) is 0 Å². The number of nitrogens with one attached hydrogen (secondary N) is 1. The lowest BCUT2D eigenvalue weighted by molar-refractivity contribution is -0.137. The Kier molecular flexibility index (Phi) is 3.51. The Hall–Kier alpha value is -1.61. The lowest BCUT2D eigenvalue weighted by atomic mass is 10.1. The molecule has 1 fully saturated rings. The van der Waals surface area contributed by atoms with Crippen LogP contribution in [-0.4, -0.2) is 31.4 Å². The van der Waals surface area contributed by atoms with Crippen molar-refractivity contribution in [2.24, 2.45) is 0 Å². The molecule has 1 heterocycles. The molecule has 1 unspecified atom stereocenters. The van der Waals surface area contributed by atoms with Crippen molar-refractivity contribution in [1.82, 2.24) is 9.62 Å². The van der Waals surface area contributed by atoms with Gasteiger partial charge in [0.15, 0.2) is 0 Å². The van der Waals surface area contributed by atoms with E-state index >= 15 is 0 Å². The number of halogens is 3. The zero-order chi connectivity index (χ0) is 15.1. The molecule has 1 N–H and O–H groups in total. The van der Waals surface area contributed by atoms with Gasteiger partial charge in [0.2, 0.25) is 15.9 Å². The summed E-state index contributed by atoms with van der Waals surface area (Å²) in [6, 6.07) is 4.21. The summed E-state index contributed by atoms with van der Waals surface area (Å²) in [6.45, 7) is -0.403. The zero-order valence-electron chi connectivity index (χ0n) is 10.3. The van der Waals surface area contributed by atoms with Gasteiger partial charge in [0.25, 0.3) is 0 Å². The molecular formula is C11H11F3N2O3S. The molecule has 1 saturated heterocycles. The van der Waals surface area contributed by atoms with Crippen LogP contribution in [0.1, 0.15) is 17.3 Å². The van der Waals surface area contributed by atoms with Crippen molar-refractivity contribution < 1.29 is 26.4 Å². The predicted molar refractivity (Wildman–Crippen MR) is 63.9 cm³/mol. The first kappa shape index (κ1) is 14.8. The third kappa shape index (κ3) is 2.93. The normalized spacial score (nSPS) is 21.0. The van der Waals surface area contributed by atoms with Crippen LogP contribution in [0.5, 0.6) is 0 Å². The predicted octanol–water partition coefficient (Wildman–Crippen LogP) is 1.10. The van der Waals surface area contributed by atoms with Gasteiger partial charge in [-0.3, -0.25) is 4.79 Å². The first-order valence-corrected chi connectivity index (χ1v) is 7.37. The van der Waals surface area contributed by atoms with Gasteiger partial charge < -0.3 is 5.32 Å². The maximum absolute atomic E-state index is 12.6. The second kappa shape index (κ2) is 4.74. The minimum absolute atomic E-state index is 0.0658. The average molecular weight is 308 g/mol. The van der Waals surface area contributed by atoms with E-state index in [0.717, 1.165) is 22.7 Å². The van der Waals surface area contributed by atoms with Crippen LogP contribution in [-0.2, 0) is 21.0 Å². The molecule has 0 saturated carbocycles. The molecule has 1 atom stereocenters.